The van der Waals surface area contributed by atoms with Crippen LogP contribution in [-0.2, 0) is 35.7 Å². The fraction of sp³-hybridized carbons (Fsp3) is 0.303. The zero-order valence-electron chi connectivity index (χ0n) is 27.0. The van der Waals surface area contributed by atoms with E-state index < -0.39 is 33.9 Å². The summed E-state index contributed by atoms with van der Waals surface area (Å²) in [6.45, 7) is 6.18. The van der Waals surface area contributed by atoms with Crippen LogP contribution in [0.15, 0.2) is 51.5 Å². The second-order valence-electron chi connectivity index (χ2n) is 11.0. The Hall–Kier alpha value is -4.60. The van der Waals surface area contributed by atoms with Crippen LogP contribution in [-0.4, -0.2) is 64.9 Å². The highest BCUT2D eigenvalue weighted by molar-refractivity contribution is 9.10. The van der Waals surface area contributed by atoms with Crippen LogP contribution < -0.4 is 28.4 Å². The topological polar surface area (TPSA) is 156 Å². The van der Waals surface area contributed by atoms with E-state index in [1.165, 1.54) is 45.4 Å². The molecule has 1 fully saturated rings. The monoisotopic (exact) mass is 744 g/mol. The molecule has 0 aromatic heterocycles. The van der Waals surface area contributed by atoms with Crippen molar-refractivity contribution in [3.8, 4) is 28.7 Å². The van der Waals surface area contributed by atoms with Crippen molar-refractivity contribution in [2.75, 3.05) is 27.8 Å². The van der Waals surface area contributed by atoms with Crippen LogP contribution in [0.25, 0.3) is 6.08 Å². The zero-order valence-corrected chi connectivity index (χ0v) is 29.4. The number of nitrogens with zero attached hydrogens (tertiary/aromatic N) is 1. The Morgan fingerprint density at radius 2 is 1.77 bits per heavy atom. The predicted octanol–water partition coefficient (Wildman–Crippen LogP) is 4.32. The Labute approximate surface area is 285 Å². The van der Waals surface area contributed by atoms with Gasteiger partial charge in [0, 0.05) is 41.6 Å². The molecule has 1 atom stereocenters. The van der Waals surface area contributed by atoms with E-state index in [9.17, 15) is 22.8 Å². The van der Waals surface area contributed by atoms with Gasteiger partial charge in [0.25, 0.3) is 5.91 Å². The standard InChI is InChI=1S/C33H33BrN2O11S/c1-17-7-9-23(10-8-17)48(40,41)47-29-19(3)31-27(45-16-46-31)14-22(29)11-24-33(39)36(20(4)37)25(32(38)35-24)12-21-13-26(44-15-42-5)30(43-6)18(2)28(21)34/h7-11,13-14,25H,12,15-16H2,1-6H3,(H,35,38)/b24-11+. The van der Waals surface area contributed by atoms with Crippen LogP contribution in [0, 0.1) is 20.8 Å². The highest BCUT2D eigenvalue weighted by Crippen LogP contribution is 2.45. The Kier molecular flexibility index (Phi) is 10.0. The van der Waals surface area contributed by atoms with Gasteiger partial charge in [0.2, 0.25) is 18.6 Å². The Bertz CT molecular complexity index is 1940. The largest absolute Gasteiger partial charge is 0.493 e. The van der Waals surface area contributed by atoms with Crippen LogP contribution >= 0.6 is 15.9 Å². The molecule has 254 valence electrons. The van der Waals surface area contributed by atoms with Gasteiger partial charge in [-0.2, -0.15) is 8.42 Å². The van der Waals surface area contributed by atoms with E-state index in [-0.39, 0.29) is 59.0 Å². The third-order valence-corrected chi connectivity index (χ3v) is 10.1. The number of fused-ring (bicyclic) bond motifs is 1. The van der Waals surface area contributed by atoms with Crippen molar-refractivity contribution in [2.45, 2.75) is 45.1 Å². The molecule has 0 radical (unpaired) electrons. The van der Waals surface area contributed by atoms with Crippen LogP contribution in [0.1, 0.15) is 34.7 Å². The summed E-state index contributed by atoms with van der Waals surface area (Å²) < 4.78 is 60.1. The van der Waals surface area contributed by atoms with Crippen molar-refractivity contribution < 1.29 is 50.7 Å². The minimum Gasteiger partial charge on any atom is -0.493 e. The number of carbonyl (C=O) groups excluding carboxylic acids is 3. The maximum absolute atomic E-state index is 13.9. The summed E-state index contributed by atoms with van der Waals surface area (Å²) in [6.07, 6.45) is 1.18. The number of methoxy groups -OCH3 is 2. The number of halogens is 1. The van der Waals surface area contributed by atoms with Gasteiger partial charge in [-0.15, -0.1) is 0 Å². The molecule has 2 aliphatic heterocycles. The molecule has 48 heavy (non-hydrogen) atoms. The van der Waals surface area contributed by atoms with Crippen molar-refractivity contribution in [2.24, 2.45) is 0 Å². The third-order valence-electron chi connectivity index (χ3n) is 7.77. The van der Waals surface area contributed by atoms with E-state index in [4.69, 9.17) is 27.9 Å². The third kappa shape index (κ3) is 6.70. The molecular weight excluding hydrogens is 712 g/mol. The number of amides is 3. The normalized spacial score (nSPS) is 16.6. The second kappa shape index (κ2) is 13.9. The van der Waals surface area contributed by atoms with Crippen molar-refractivity contribution in [1.82, 2.24) is 10.2 Å². The molecule has 13 nitrogen and oxygen atoms in total. The fourth-order valence-corrected chi connectivity index (χ4v) is 6.87. The minimum absolute atomic E-state index is 0.0640. The van der Waals surface area contributed by atoms with E-state index in [0.717, 1.165) is 10.5 Å². The van der Waals surface area contributed by atoms with Crippen molar-refractivity contribution >= 4 is 49.8 Å². The smallest absolute Gasteiger partial charge is 0.339 e. The number of nitrogens with one attached hydrogen (secondary N) is 1. The molecule has 0 aliphatic carbocycles. The average Bonchev–Trinajstić information content (AvgIpc) is 3.51. The average molecular weight is 746 g/mol. The van der Waals surface area contributed by atoms with Crippen LogP contribution in [0.2, 0.25) is 0 Å². The van der Waals surface area contributed by atoms with Crippen LogP contribution in [0.3, 0.4) is 0 Å². The molecular formula is C33H33BrN2O11S. The van der Waals surface area contributed by atoms with Crippen LogP contribution in [0.4, 0.5) is 0 Å². The van der Waals surface area contributed by atoms with Gasteiger partial charge in [0.15, 0.2) is 35.5 Å². The van der Waals surface area contributed by atoms with E-state index in [1.54, 1.807) is 32.0 Å². The zero-order chi connectivity index (χ0) is 34.9. The first-order valence-electron chi connectivity index (χ1n) is 14.6. The number of hydrogen-bond donors (Lipinski definition) is 1. The molecule has 3 aromatic carbocycles. The molecule has 0 spiro atoms. The highest BCUT2D eigenvalue weighted by atomic mass is 79.9. The number of imide groups is 1. The SMILES string of the molecule is COCOc1cc(CC2C(=O)N/C(=C/c3cc4c(c(C)c3OS(=O)(=O)c3ccc(C)cc3)OCO4)C(=O)N2C(C)=O)c(Br)c(C)c1OC. The Balaban J connectivity index is 1.53. The molecule has 3 aromatic rings. The molecule has 15 heteroatoms. The first-order valence-corrected chi connectivity index (χ1v) is 16.8. The van der Waals surface area contributed by atoms with Crippen molar-refractivity contribution in [3.63, 3.8) is 0 Å². The second-order valence-corrected chi connectivity index (χ2v) is 13.4. The molecule has 1 N–H and O–H groups in total. The lowest BCUT2D eigenvalue weighted by Gasteiger charge is -2.34. The van der Waals surface area contributed by atoms with Gasteiger partial charge in [0.05, 0.1) is 7.11 Å². The lowest BCUT2D eigenvalue weighted by molar-refractivity contribution is -0.152. The lowest BCUT2D eigenvalue weighted by Crippen LogP contribution is -2.59. The van der Waals surface area contributed by atoms with Crippen molar-refractivity contribution in [1.29, 1.82) is 0 Å². The number of piperazine rings is 1. The Morgan fingerprint density at radius 1 is 1.06 bits per heavy atom. The Morgan fingerprint density at radius 3 is 2.42 bits per heavy atom. The van der Waals surface area contributed by atoms with E-state index in [1.807, 2.05) is 6.92 Å². The van der Waals surface area contributed by atoms with Gasteiger partial charge in [-0.1, -0.05) is 33.6 Å². The maximum Gasteiger partial charge on any atom is 0.339 e. The number of benzene rings is 3. The van der Waals surface area contributed by atoms with E-state index >= 15 is 0 Å². The number of aryl methyl sites for hydroxylation is 1. The molecule has 0 bridgehead atoms. The fourth-order valence-electron chi connectivity index (χ4n) is 5.41. The molecule has 1 saturated heterocycles. The quantitative estimate of drug-likeness (QED) is 0.179. The van der Waals surface area contributed by atoms with Crippen LogP contribution in [0.5, 0.6) is 28.7 Å². The molecule has 2 aliphatic rings. The number of carbonyl (C=O) groups is 3. The predicted molar refractivity (Wildman–Crippen MR) is 175 cm³/mol. The first kappa shape index (κ1) is 34.7. The first-order chi connectivity index (χ1) is 22.8. The van der Waals surface area contributed by atoms with Gasteiger partial charge >= 0.3 is 10.1 Å². The van der Waals surface area contributed by atoms with E-state index in [2.05, 4.69) is 21.2 Å². The summed E-state index contributed by atoms with van der Waals surface area (Å²) in [5, 5.41) is 2.60. The van der Waals surface area contributed by atoms with Gasteiger partial charge < -0.3 is 33.2 Å². The minimum atomic E-state index is -4.34. The summed E-state index contributed by atoms with van der Waals surface area (Å²) in [5.41, 5.74) is 2.18. The summed E-state index contributed by atoms with van der Waals surface area (Å²) in [6, 6.07) is 7.94. The maximum atomic E-state index is 13.9. The van der Waals surface area contributed by atoms with Gasteiger partial charge in [-0.05, 0) is 56.7 Å². The molecule has 5 rings (SSSR count). The summed E-state index contributed by atoms with van der Waals surface area (Å²) in [4.78, 5) is 41.2. The molecule has 1 unspecified atom stereocenters. The molecule has 3 amide bonds. The molecule has 0 saturated carbocycles. The van der Waals surface area contributed by atoms with Crippen molar-refractivity contribution in [3.05, 3.63) is 74.4 Å². The summed E-state index contributed by atoms with van der Waals surface area (Å²) in [5.74, 6) is -0.947. The summed E-state index contributed by atoms with van der Waals surface area (Å²) >= 11 is 3.55. The summed E-state index contributed by atoms with van der Waals surface area (Å²) in [7, 11) is -1.38. The number of hydrogen-bond acceptors (Lipinski definition) is 11. The molecule has 2 heterocycles. The van der Waals surface area contributed by atoms with Gasteiger partial charge in [-0.25, -0.2) is 0 Å². The lowest BCUT2D eigenvalue weighted by atomic mass is 9.98. The van der Waals surface area contributed by atoms with Gasteiger partial charge in [-0.3, -0.25) is 19.3 Å². The number of rotatable bonds is 10. The van der Waals surface area contributed by atoms with Gasteiger partial charge in [0.1, 0.15) is 16.6 Å². The number of ether oxygens (including phenoxy) is 5. The van der Waals surface area contributed by atoms with E-state index in [0.29, 0.717) is 27.1 Å². The highest BCUT2D eigenvalue weighted by Gasteiger charge is 2.41.